The molecule has 220 valence electrons. The minimum atomic E-state index is -1.06. The van der Waals surface area contributed by atoms with Crippen molar-refractivity contribution >= 4 is 18.0 Å². The summed E-state index contributed by atoms with van der Waals surface area (Å²) in [4.78, 5) is 35.4. The van der Waals surface area contributed by atoms with Gasteiger partial charge in [-0.1, -0.05) is 48.5 Å². The molecule has 11 heteroatoms. The summed E-state index contributed by atoms with van der Waals surface area (Å²) >= 11 is 0. The van der Waals surface area contributed by atoms with Crippen molar-refractivity contribution < 1.29 is 33.7 Å². The van der Waals surface area contributed by atoms with Gasteiger partial charge in [-0.15, -0.1) is 0 Å². The maximum absolute atomic E-state index is 12.2. The van der Waals surface area contributed by atoms with E-state index in [0.29, 0.717) is 12.8 Å². The van der Waals surface area contributed by atoms with Crippen LogP contribution in [0.3, 0.4) is 0 Å². The van der Waals surface area contributed by atoms with E-state index in [1.807, 2.05) is 31.3 Å². The fourth-order valence-electron chi connectivity index (χ4n) is 4.40. The summed E-state index contributed by atoms with van der Waals surface area (Å²) in [6.07, 6.45) is 1.38. The fourth-order valence-corrected chi connectivity index (χ4v) is 4.40. The predicted molar refractivity (Wildman–Crippen MR) is 152 cm³/mol. The number of nitrogens with one attached hydrogen (secondary N) is 3. The second-order valence-corrected chi connectivity index (χ2v) is 8.97. The predicted octanol–water partition coefficient (Wildman–Crippen LogP) is 2.09. The number of carbonyl (C=O) groups is 3. The molecule has 1 aliphatic rings. The van der Waals surface area contributed by atoms with E-state index in [4.69, 9.17) is 14.2 Å². The molecule has 1 atom stereocenters. The maximum Gasteiger partial charge on any atom is 0.407 e. The Balaban J connectivity index is 0.00000274. The van der Waals surface area contributed by atoms with E-state index >= 15 is 0 Å². The highest BCUT2D eigenvalue weighted by molar-refractivity contribution is 5.84. The molecule has 0 fully saturated rings. The van der Waals surface area contributed by atoms with Crippen molar-refractivity contribution in [1.29, 1.82) is 0 Å². The number of ether oxygens (including phenoxy) is 3. The number of carboxylic acids is 1. The van der Waals surface area contributed by atoms with Crippen molar-refractivity contribution in [2.45, 2.75) is 31.2 Å². The van der Waals surface area contributed by atoms with Gasteiger partial charge in [0.25, 0.3) is 0 Å². The molecule has 11 nitrogen and oxygen atoms in total. The van der Waals surface area contributed by atoms with Crippen LogP contribution < -0.4 is 21.7 Å². The van der Waals surface area contributed by atoms with E-state index in [9.17, 15) is 19.5 Å². The molecule has 0 bridgehead atoms. The van der Waals surface area contributed by atoms with Gasteiger partial charge in [-0.2, -0.15) is 0 Å². The van der Waals surface area contributed by atoms with Crippen LogP contribution in [-0.2, 0) is 23.8 Å². The standard InChI is InChI=1S/C28H37N3O7.CH5N/c1-29-13-7-6-12-25(27(33)34)31-26(32)19-37-17-16-36-15-14-30-28(35)38-18-24-22-10-4-2-8-20(22)21-9-3-5-11-23(21)24;1-2/h2-5,8-11,24-25,29H,6-7,12-19H2,1H3,(H,30,35)(H,31,32)(H,33,34);2H2,1H3. The summed E-state index contributed by atoms with van der Waals surface area (Å²) < 4.78 is 16.1. The van der Waals surface area contributed by atoms with Crippen LogP contribution in [0.25, 0.3) is 11.1 Å². The first-order valence-electron chi connectivity index (χ1n) is 13.5. The molecule has 3 rings (SSSR count). The highest BCUT2D eigenvalue weighted by atomic mass is 16.6. The zero-order valence-corrected chi connectivity index (χ0v) is 23.3. The van der Waals surface area contributed by atoms with E-state index in [1.165, 1.54) is 18.2 Å². The molecule has 1 unspecified atom stereocenters. The number of amides is 2. The average molecular weight is 559 g/mol. The van der Waals surface area contributed by atoms with E-state index in [2.05, 4.69) is 45.9 Å². The second-order valence-electron chi connectivity index (χ2n) is 8.97. The molecule has 6 N–H and O–H groups in total. The quantitative estimate of drug-likeness (QED) is 0.183. The zero-order valence-electron chi connectivity index (χ0n) is 23.3. The van der Waals surface area contributed by atoms with Crippen LogP contribution in [0.5, 0.6) is 0 Å². The third kappa shape index (κ3) is 10.6. The van der Waals surface area contributed by atoms with Gasteiger partial charge in [-0.05, 0) is 62.2 Å². The first kappa shape index (κ1) is 32.7. The van der Waals surface area contributed by atoms with Crippen molar-refractivity contribution in [3.8, 4) is 11.1 Å². The van der Waals surface area contributed by atoms with Crippen LogP contribution in [0.15, 0.2) is 48.5 Å². The fraction of sp³-hybridized carbons (Fsp3) is 0.483. The van der Waals surface area contributed by atoms with Crippen LogP contribution in [0.1, 0.15) is 36.3 Å². The number of carbonyl (C=O) groups excluding carboxylic acids is 2. The lowest BCUT2D eigenvalue weighted by Gasteiger charge is -2.15. The molecule has 2 aromatic carbocycles. The molecule has 2 amide bonds. The molecule has 2 aromatic rings. The zero-order chi connectivity index (χ0) is 29.2. The normalized spacial score (nSPS) is 12.4. The maximum atomic E-state index is 12.2. The number of benzene rings is 2. The Kier molecular flexibility index (Phi) is 15.3. The molecule has 0 saturated carbocycles. The lowest BCUT2D eigenvalue weighted by molar-refractivity contribution is -0.142. The van der Waals surface area contributed by atoms with Gasteiger partial charge in [0.1, 0.15) is 19.3 Å². The smallest absolute Gasteiger partial charge is 0.407 e. The Morgan fingerprint density at radius 1 is 0.900 bits per heavy atom. The van der Waals surface area contributed by atoms with Gasteiger partial charge in [0.05, 0.1) is 19.8 Å². The Morgan fingerprint density at radius 2 is 1.52 bits per heavy atom. The van der Waals surface area contributed by atoms with Gasteiger partial charge in [0.2, 0.25) is 5.91 Å². The minimum Gasteiger partial charge on any atom is -0.480 e. The number of hydrogen-bond acceptors (Lipinski definition) is 8. The molecule has 0 aliphatic heterocycles. The molecular formula is C29H42N4O7. The summed E-state index contributed by atoms with van der Waals surface area (Å²) in [6, 6.07) is 15.4. The van der Waals surface area contributed by atoms with Crippen LogP contribution in [-0.4, -0.2) is 89.3 Å². The third-order valence-corrected chi connectivity index (χ3v) is 6.27. The summed E-state index contributed by atoms with van der Waals surface area (Å²) in [5.74, 6) is -1.54. The molecule has 0 aromatic heterocycles. The number of fused-ring (bicyclic) bond motifs is 3. The Labute approximate surface area is 235 Å². The molecule has 0 saturated heterocycles. The molecule has 0 heterocycles. The van der Waals surface area contributed by atoms with E-state index < -0.39 is 24.0 Å². The van der Waals surface area contributed by atoms with Crippen LogP contribution in [0, 0.1) is 0 Å². The highest BCUT2D eigenvalue weighted by Gasteiger charge is 2.29. The molecule has 40 heavy (non-hydrogen) atoms. The summed E-state index contributed by atoms with van der Waals surface area (Å²) in [5, 5.41) is 17.4. The highest BCUT2D eigenvalue weighted by Crippen LogP contribution is 2.44. The monoisotopic (exact) mass is 558 g/mol. The Morgan fingerprint density at radius 3 is 2.15 bits per heavy atom. The number of nitrogens with two attached hydrogens (primary N) is 1. The largest absolute Gasteiger partial charge is 0.480 e. The minimum absolute atomic E-state index is 0.00267. The molecule has 0 radical (unpaired) electrons. The van der Waals surface area contributed by atoms with Crippen molar-refractivity contribution in [3.05, 3.63) is 59.7 Å². The van der Waals surface area contributed by atoms with Crippen LogP contribution in [0.2, 0.25) is 0 Å². The van der Waals surface area contributed by atoms with Crippen molar-refractivity contribution in [3.63, 3.8) is 0 Å². The van der Waals surface area contributed by atoms with E-state index in [-0.39, 0.29) is 45.5 Å². The molecular weight excluding hydrogens is 516 g/mol. The van der Waals surface area contributed by atoms with E-state index in [0.717, 1.165) is 24.1 Å². The van der Waals surface area contributed by atoms with Crippen molar-refractivity contribution in [2.24, 2.45) is 5.73 Å². The van der Waals surface area contributed by atoms with Crippen LogP contribution in [0.4, 0.5) is 4.79 Å². The first-order valence-corrected chi connectivity index (χ1v) is 13.5. The summed E-state index contributed by atoms with van der Waals surface area (Å²) in [7, 11) is 3.33. The number of alkyl carbamates (subject to hydrolysis) is 1. The lowest BCUT2D eigenvalue weighted by atomic mass is 9.98. The topological polar surface area (TPSA) is 161 Å². The number of rotatable bonds is 17. The molecule has 0 spiro atoms. The van der Waals surface area contributed by atoms with Gasteiger partial charge >= 0.3 is 12.1 Å². The second kappa shape index (κ2) is 18.7. The average Bonchev–Trinajstić information content (AvgIpc) is 3.29. The number of aliphatic carboxylic acids is 1. The Hall–Kier alpha value is -3.51. The van der Waals surface area contributed by atoms with E-state index in [1.54, 1.807) is 0 Å². The number of unbranched alkanes of at least 4 members (excludes halogenated alkanes) is 1. The van der Waals surface area contributed by atoms with Gasteiger partial charge in [-0.3, -0.25) is 4.79 Å². The van der Waals surface area contributed by atoms with Crippen molar-refractivity contribution in [2.75, 3.05) is 60.2 Å². The van der Waals surface area contributed by atoms with Gasteiger partial charge in [-0.25, -0.2) is 9.59 Å². The third-order valence-electron chi connectivity index (χ3n) is 6.27. The first-order chi connectivity index (χ1) is 19.5. The number of hydrogen-bond donors (Lipinski definition) is 5. The lowest BCUT2D eigenvalue weighted by Crippen LogP contribution is -2.42. The summed E-state index contributed by atoms with van der Waals surface area (Å²) in [6.45, 7) is 1.71. The molecule has 1 aliphatic carbocycles. The Bertz CT molecular complexity index is 1020. The van der Waals surface area contributed by atoms with Crippen molar-refractivity contribution in [1.82, 2.24) is 16.0 Å². The summed E-state index contributed by atoms with van der Waals surface area (Å²) in [5.41, 5.74) is 9.15. The number of carboxylic acid groups (broad SMARTS) is 1. The van der Waals surface area contributed by atoms with Crippen LogP contribution >= 0.6 is 0 Å². The van der Waals surface area contributed by atoms with Gasteiger partial charge < -0.3 is 41.0 Å². The van der Waals surface area contributed by atoms with Gasteiger partial charge in [0.15, 0.2) is 0 Å². The SMILES string of the molecule is CN.CNCCCCC(NC(=O)COCCOCCNC(=O)OCC1c2ccccc2-c2ccccc21)C(=O)O. The van der Waals surface area contributed by atoms with Gasteiger partial charge in [0, 0.05) is 12.5 Å².